The Morgan fingerprint density at radius 1 is 1.50 bits per heavy atom. The van der Waals surface area contributed by atoms with Crippen molar-refractivity contribution in [1.29, 1.82) is 0 Å². The third-order valence-electron chi connectivity index (χ3n) is 1.62. The van der Waals surface area contributed by atoms with E-state index < -0.39 is 18.5 Å². The van der Waals surface area contributed by atoms with Crippen LogP contribution in [0.1, 0.15) is 5.69 Å². The Morgan fingerprint density at radius 3 is 2.57 bits per heavy atom. The van der Waals surface area contributed by atoms with E-state index in [2.05, 4.69) is 4.98 Å². The molecule has 0 amide bonds. The molecular weight excluding hydrogens is 189 g/mol. The summed E-state index contributed by atoms with van der Waals surface area (Å²) in [6.07, 6.45) is 0.780. The summed E-state index contributed by atoms with van der Waals surface area (Å²) in [6.45, 7) is 0. The Hall–Kier alpha value is -1.60. The maximum atomic E-state index is 11.1. The summed E-state index contributed by atoms with van der Waals surface area (Å²) in [7, 11) is -1.85. The maximum Gasteiger partial charge on any atom is 0.493 e. The number of carboxylic acid groups (broad SMARTS) is 1. The van der Waals surface area contributed by atoms with Gasteiger partial charge in [0, 0.05) is 23.4 Å². The number of pyridine rings is 1. The van der Waals surface area contributed by atoms with Gasteiger partial charge in [-0.1, -0.05) is 0 Å². The molecule has 0 aliphatic rings. The van der Waals surface area contributed by atoms with Gasteiger partial charge in [0.1, 0.15) is 0 Å². The predicted molar refractivity (Wildman–Crippen MR) is 48.2 cm³/mol. The molecule has 0 aromatic carbocycles. The number of rotatable bonds is 3. The summed E-state index contributed by atoms with van der Waals surface area (Å²) in [5.41, 5.74) is -0.596. The molecule has 0 saturated carbocycles. The van der Waals surface area contributed by atoms with Gasteiger partial charge in [0.15, 0.2) is 5.43 Å². The molecule has 4 N–H and O–H groups in total. The number of carbonyl (C=O) groups is 1. The number of aromatic amines is 1. The van der Waals surface area contributed by atoms with Crippen LogP contribution in [0.4, 0.5) is 0 Å². The monoisotopic (exact) mass is 197 g/mol. The average Bonchev–Trinajstić information content (AvgIpc) is 2.01. The maximum absolute atomic E-state index is 11.1. The van der Waals surface area contributed by atoms with Crippen LogP contribution < -0.4 is 10.9 Å². The fourth-order valence-corrected chi connectivity index (χ4v) is 0.992. The van der Waals surface area contributed by atoms with Crippen LogP contribution in [0.15, 0.2) is 17.1 Å². The van der Waals surface area contributed by atoms with Crippen molar-refractivity contribution in [3.05, 3.63) is 28.2 Å². The van der Waals surface area contributed by atoms with Crippen molar-refractivity contribution in [2.75, 3.05) is 0 Å². The molecule has 0 aliphatic heterocycles. The first-order chi connectivity index (χ1) is 6.50. The van der Waals surface area contributed by atoms with Gasteiger partial charge in [0.25, 0.3) is 0 Å². The lowest BCUT2D eigenvalue weighted by Crippen LogP contribution is -2.41. The lowest BCUT2D eigenvalue weighted by molar-refractivity contribution is -0.136. The van der Waals surface area contributed by atoms with Crippen LogP contribution in [-0.2, 0) is 11.2 Å². The summed E-state index contributed by atoms with van der Waals surface area (Å²) in [5.74, 6) is -1.07. The Labute approximate surface area is 79.0 Å². The first-order valence-electron chi connectivity index (χ1n) is 3.80. The molecule has 0 fully saturated rings. The fraction of sp³-hybridized carbons (Fsp3) is 0.143. The smallest absolute Gasteiger partial charge is 0.481 e. The van der Waals surface area contributed by atoms with Crippen LogP contribution in [0.5, 0.6) is 0 Å². The first kappa shape index (κ1) is 10.5. The summed E-state index contributed by atoms with van der Waals surface area (Å²) in [5, 5.41) is 25.8. The third-order valence-corrected chi connectivity index (χ3v) is 1.62. The summed E-state index contributed by atoms with van der Waals surface area (Å²) in [4.78, 5) is 23.9. The van der Waals surface area contributed by atoms with Gasteiger partial charge in [0.05, 0.1) is 6.42 Å². The summed E-state index contributed by atoms with van der Waals surface area (Å²) < 4.78 is 0. The highest BCUT2D eigenvalue weighted by Crippen LogP contribution is 1.89. The quantitative estimate of drug-likeness (QED) is 0.406. The zero-order chi connectivity index (χ0) is 10.7. The van der Waals surface area contributed by atoms with E-state index in [4.69, 9.17) is 15.2 Å². The van der Waals surface area contributed by atoms with Crippen LogP contribution in [0.2, 0.25) is 0 Å². The Morgan fingerprint density at radius 2 is 2.14 bits per heavy atom. The van der Waals surface area contributed by atoms with E-state index in [1.807, 2.05) is 0 Å². The topological polar surface area (TPSA) is 111 Å². The fourth-order valence-electron chi connectivity index (χ4n) is 0.992. The standard InChI is InChI=1S/C7H8BNO5/c10-6-1-4(2-7(11)12)9-3-5(6)8(13)14/h1,3,13-14H,2H2,(H,9,10)(H,11,12). The molecule has 1 heterocycles. The van der Waals surface area contributed by atoms with E-state index in [9.17, 15) is 9.59 Å². The van der Waals surface area contributed by atoms with Gasteiger partial charge < -0.3 is 20.1 Å². The number of hydrogen-bond donors (Lipinski definition) is 4. The van der Waals surface area contributed by atoms with Gasteiger partial charge in [-0.25, -0.2) is 0 Å². The Kier molecular flexibility index (Phi) is 3.05. The molecule has 74 valence electrons. The molecule has 0 atom stereocenters. The minimum atomic E-state index is -1.85. The van der Waals surface area contributed by atoms with Crippen molar-refractivity contribution in [2.45, 2.75) is 6.42 Å². The molecule has 1 aromatic rings. The van der Waals surface area contributed by atoms with E-state index in [0.29, 0.717) is 0 Å². The molecule has 0 spiro atoms. The molecule has 0 aliphatic carbocycles. The molecule has 0 radical (unpaired) electrons. The van der Waals surface area contributed by atoms with Crippen molar-refractivity contribution in [3.63, 3.8) is 0 Å². The molecule has 7 heteroatoms. The van der Waals surface area contributed by atoms with Crippen molar-refractivity contribution < 1.29 is 19.9 Å². The van der Waals surface area contributed by atoms with Crippen molar-refractivity contribution >= 4 is 18.6 Å². The number of aromatic nitrogens is 1. The molecule has 0 saturated heterocycles. The lowest BCUT2D eigenvalue weighted by atomic mass is 9.81. The molecule has 14 heavy (non-hydrogen) atoms. The van der Waals surface area contributed by atoms with Crippen LogP contribution in [0.25, 0.3) is 0 Å². The minimum absolute atomic E-state index is 0.209. The van der Waals surface area contributed by atoms with E-state index >= 15 is 0 Å². The zero-order valence-electron chi connectivity index (χ0n) is 7.10. The number of carboxylic acids is 1. The summed E-state index contributed by atoms with van der Waals surface area (Å²) >= 11 is 0. The third kappa shape index (κ3) is 2.44. The van der Waals surface area contributed by atoms with Crippen LogP contribution >= 0.6 is 0 Å². The molecule has 0 bridgehead atoms. The predicted octanol–water partition coefficient (Wildman–Crippen LogP) is -2.32. The van der Waals surface area contributed by atoms with Gasteiger partial charge in [-0.15, -0.1) is 0 Å². The molecule has 1 rings (SSSR count). The van der Waals surface area contributed by atoms with Crippen LogP contribution in [0, 0.1) is 0 Å². The Balaban J connectivity index is 3.01. The largest absolute Gasteiger partial charge is 0.493 e. The minimum Gasteiger partial charge on any atom is -0.481 e. The second kappa shape index (κ2) is 4.08. The summed E-state index contributed by atoms with van der Waals surface area (Å²) in [6, 6.07) is 1.03. The van der Waals surface area contributed by atoms with Gasteiger partial charge in [-0.05, 0) is 0 Å². The van der Waals surface area contributed by atoms with Crippen molar-refractivity contribution in [2.24, 2.45) is 0 Å². The highest BCUT2D eigenvalue weighted by atomic mass is 16.4. The molecule has 6 nitrogen and oxygen atoms in total. The zero-order valence-corrected chi connectivity index (χ0v) is 7.10. The average molecular weight is 197 g/mol. The first-order valence-corrected chi connectivity index (χ1v) is 3.80. The highest BCUT2D eigenvalue weighted by Gasteiger charge is 2.15. The van der Waals surface area contributed by atoms with Gasteiger partial charge in [0.2, 0.25) is 0 Å². The van der Waals surface area contributed by atoms with Gasteiger partial charge in [-0.3, -0.25) is 9.59 Å². The van der Waals surface area contributed by atoms with E-state index in [0.717, 1.165) is 12.3 Å². The number of H-pyrrole nitrogens is 1. The van der Waals surface area contributed by atoms with Crippen molar-refractivity contribution in [3.8, 4) is 0 Å². The van der Waals surface area contributed by atoms with Crippen LogP contribution in [-0.4, -0.2) is 33.2 Å². The normalized spacial score (nSPS) is 9.86. The Bertz CT molecular complexity index is 399. The van der Waals surface area contributed by atoms with Crippen molar-refractivity contribution in [1.82, 2.24) is 4.98 Å². The van der Waals surface area contributed by atoms with Gasteiger partial charge in [-0.2, -0.15) is 0 Å². The van der Waals surface area contributed by atoms with E-state index in [1.165, 1.54) is 0 Å². The molecule has 0 unspecified atom stereocenters. The van der Waals surface area contributed by atoms with E-state index in [-0.39, 0.29) is 17.6 Å². The number of nitrogens with one attached hydrogen (secondary N) is 1. The number of hydrogen-bond acceptors (Lipinski definition) is 4. The molecule has 1 aromatic heterocycles. The second-order valence-corrected chi connectivity index (χ2v) is 2.72. The molecular formula is C7H8BNO5. The van der Waals surface area contributed by atoms with E-state index in [1.54, 1.807) is 0 Å². The SMILES string of the molecule is O=C(O)Cc1cc(=O)c(B(O)O)c[nH]1. The van der Waals surface area contributed by atoms with Gasteiger partial charge >= 0.3 is 13.1 Å². The van der Waals surface area contributed by atoms with Crippen LogP contribution in [0.3, 0.4) is 0 Å². The lowest BCUT2D eigenvalue weighted by Gasteiger charge is -2.00. The highest BCUT2D eigenvalue weighted by molar-refractivity contribution is 6.58. The number of aliphatic carboxylic acids is 1. The second-order valence-electron chi connectivity index (χ2n) is 2.72.